The topological polar surface area (TPSA) is 38.0 Å². The molecule has 2 heteroatoms. The highest BCUT2D eigenvalue weighted by atomic mass is 14.9. The molecular weight excluding hydrogens is 184 g/mol. The molecule has 0 heterocycles. The van der Waals surface area contributed by atoms with Crippen LogP contribution in [0.25, 0.3) is 0 Å². The Morgan fingerprint density at radius 3 is 2.40 bits per heavy atom. The second kappa shape index (κ2) is 5.76. The number of rotatable bonds is 5. The molecule has 0 saturated carbocycles. The van der Waals surface area contributed by atoms with E-state index in [-0.39, 0.29) is 0 Å². The maximum Gasteiger partial charge on any atom is 0.0399 e. The molecule has 1 aromatic carbocycles. The summed E-state index contributed by atoms with van der Waals surface area (Å²) in [5.41, 5.74) is 9.44. The minimum Gasteiger partial charge on any atom is -0.384 e. The van der Waals surface area contributed by atoms with Gasteiger partial charge in [0, 0.05) is 12.2 Å². The van der Waals surface area contributed by atoms with Gasteiger partial charge in [-0.1, -0.05) is 25.1 Å². The molecule has 1 atom stereocenters. The fraction of sp³-hybridized carbons (Fsp3) is 0.538. The smallest absolute Gasteiger partial charge is 0.0399 e. The number of aryl methyl sites for hydroxylation is 2. The summed E-state index contributed by atoms with van der Waals surface area (Å²) in [5, 5.41) is 3.51. The predicted molar refractivity (Wildman–Crippen MR) is 67.2 cm³/mol. The summed E-state index contributed by atoms with van der Waals surface area (Å²) < 4.78 is 0. The van der Waals surface area contributed by atoms with E-state index in [2.05, 4.69) is 44.3 Å². The summed E-state index contributed by atoms with van der Waals surface area (Å²) in [6, 6.07) is 6.38. The van der Waals surface area contributed by atoms with E-state index in [1.807, 2.05) is 0 Å². The summed E-state index contributed by atoms with van der Waals surface area (Å²) in [6.45, 7) is 8.29. The zero-order valence-corrected chi connectivity index (χ0v) is 10.0. The van der Waals surface area contributed by atoms with E-state index < -0.39 is 0 Å². The minimum absolute atomic E-state index is 0.633. The second-order valence-corrected chi connectivity index (χ2v) is 4.33. The van der Waals surface area contributed by atoms with Crippen LogP contribution in [-0.2, 0) is 0 Å². The van der Waals surface area contributed by atoms with Crippen molar-refractivity contribution in [1.29, 1.82) is 0 Å². The van der Waals surface area contributed by atoms with Crippen LogP contribution in [0.3, 0.4) is 0 Å². The quantitative estimate of drug-likeness (QED) is 0.777. The Morgan fingerprint density at radius 1 is 1.27 bits per heavy atom. The molecule has 2 nitrogen and oxygen atoms in total. The van der Waals surface area contributed by atoms with Gasteiger partial charge in [-0.15, -0.1) is 0 Å². The van der Waals surface area contributed by atoms with Gasteiger partial charge >= 0.3 is 0 Å². The zero-order valence-electron chi connectivity index (χ0n) is 10.0. The predicted octanol–water partition coefficient (Wildman–Crippen LogP) is 2.70. The number of nitrogens with two attached hydrogens (primary N) is 1. The van der Waals surface area contributed by atoms with Crippen LogP contribution in [0.1, 0.15) is 24.5 Å². The van der Waals surface area contributed by atoms with Gasteiger partial charge in [0.1, 0.15) is 0 Å². The molecule has 0 spiro atoms. The molecule has 0 aliphatic rings. The fourth-order valence-corrected chi connectivity index (χ4v) is 1.76. The van der Waals surface area contributed by atoms with Gasteiger partial charge in [-0.25, -0.2) is 0 Å². The summed E-state index contributed by atoms with van der Waals surface area (Å²) in [4.78, 5) is 0. The molecule has 0 saturated heterocycles. The Balaban J connectivity index is 2.57. The van der Waals surface area contributed by atoms with Gasteiger partial charge in [-0.3, -0.25) is 0 Å². The minimum atomic E-state index is 0.633. The maximum atomic E-state index is 5.53. The van der Waals surface area contributed by atoms with Crippen LogP contribution in [0.4, 0.5) is 5.69 Å². The summed E-state index contributed by atoms with van der Waals surface area (Å²) in [6.07, 6.45) is 1.08. The van der Waals surface area contributed by atoms with Crippen LogP contribution >= 0.6 is 0 Å². The highest BCUT2D eigenvalue weighted by molar-refractivity contribution is 5.56. The third kappa shape index (κ3) is 3.56. The van der Waals surface area contributed by atoms with Gasteiger partial charge < -0.3 is 11.1 Å². The monoisotopic (exact) mass is 206 g/mol. The summed E-state index contributed by atoms with van der Waals surface area (Å²) in [7, 11) is 0. The van der Waals surface area contributed by atoms with Crippen molar-refractivity contribution in [3.63, 3.8) is 0 Å². The molecule has 0 amide bonds. The number of anilines is 1. The van der Waals surface area contributed by atoms with E-state index in [0.717, 1.165) is 19.5 Å². The maximum absolute atomic E-state index is 5.53. The van der Waals surface area contributed by atoms with Crippen LogP contribution in [-0.4, -0.2) is 13.1 Å². The number of hydrogen-bond donors (Lipinski definition) is 2. The number of para-hydroxylation sites is 1. The van der Waals surface area contributed by atoms with Crippen LogP contribution in [0.2, 0.25) is 0 Å². The first-order valence-corrected chi connectivity index (χ1v) is 5.65. The second-order valence-electron chi connectivity index (χ2n) is 4.33. The lowest BCUT2D eigenvalue weighted by atomic mass is 10.1. The molecule has 0 radical (unpaired) electrons. The van der Waals surface area contributed by atoms with Crippen molar-refractivity contribution in [2.24, 2.45) is 11.7 Å². The van der Waals surface area contributed by atoms with E-state index in [9.17, 15) is 0 Å². The molecule has 3 N–H and O–H groups in total. The number of benzene rings is 1. The molecule has 0 fully saturated rings. The Hall–Kier alpha value is -1.02. The van der Waals surface area contributed by atoms with Crippen LogP contribution in [0, 0.1) is 19.8 Å². The lowest BCUT2D eigenvalue weighted by molar-refractivity contribution is 0.568. The first-order valence-electron chi connectivity index (χ1n) is 5.65. The summed E-state index contributed by atoms with van der Waals surface area (Å²) >= 11 is 0. The van der Waals surface area contributed by atoms with Crippen molar-refractivity contribution >= 4 is 5.69 Å². The van der Waals surface area contributed by atoms with Gasteiger partial charge in [0.05, 0.1) is 0 Å². The van der Waals surface area contributed by atoms with E-state index in [1.54, 1.807) is 0 Å². The van der Waals surface area contributed by atoms with Gasteiger partial charge in [-0.2, -0.15) is 0 Å². The number of hydrogen-bond acceptors (Lipinski definition) is 2. The van der Waals surface area contributed by atoms with Gasteiger partial charge in [0.2, 0.25) is 0 Å². The first-order chi connectivity index (χ1) is 7.15. The fourth-order valence-electron chi connectivity index (χ4n) is 1.76. The molecule has 84 valence electrons. The average Bonchev–Trinajstić information content (AvgIpc) is 2.17. The molecular formula is C13H22N2. The highest BCUT2D eigenvalue weighted by Gasteiger charge is 2.04. The molecule has 1 rings (SSSR count). The molecule has 1 aromatic rings. The lowest BCUT2D eigenvalue weighted by Gasteiger charge is -2.16. The SMILES string of the molecule is Cc1cccc(C)c1NCC(C)CCN. The Morgan fingerprint density at radius 2 is 1.87 bits per heavy atom. The standard InChI is InChI=1S/C13H22N2/c1-10(7-8-14)9-15-13-11(2)5-4-6-12(13)3/h4-6,10,15H,7-9,14H2,1-3H3. The highest BCUT2D eigenvalue weighted by Crippen LogP contribution is 2.19. The third-order valence-electron chi connectivity index (χ3n) is 2.77. The van der Waals surface area contributed by atoms with Crippen molar-refractivity contribution in [3.05, 3.63) is 29.3 Å². The molecule has 0 aliphatic heterocycles. The molecule has 1 unspecified atom stereocenters. The third-order valence-corrected chi connectivity index (χ3v) is 2.77. The average molecular weight is 206 g/mol. The first kappa shape index (κ1) is 12.1. The van der Waals surface area contributed by atoms with E-state index in [1.165, 1.54) is 16.8 Å². The van der Waals surface area contributed by atoms with Crippen molar-refractivity contribution in [2.45, 2.75) is 27.2 Å². The zero-order chi connectivity index (χ0) is 11.3. The van der Waals surface area contributed by atoms with Gasteiger partial charge in [-0.05, 0) is 43.9 Å². The largest absolute Gasteiger partial charge is 0.384 e. The molecule has 15 heavy (non-hydrogen) atoms. The van der Waals surface area contributed by atoms with Crippen molar-refractivity contribution in [3.8, 4) is 0 Å². The Labute approximate surface area is 92.9 Å². The van der Waals surface area contributed by atoms with E-state index in [0.29, 0.717) is 5.92 Å². The molecule has 0 aromatic heterocycles. The van der Waals surface area contributed by atoms with E-state index >= 15 is 0 Å². The van der Waals surface area contributed by atoms with E-state index in [4.69, 9.17) is 5.73 Å². The van der Waals surface area contributed by atoms with Gasteiger partial charge in [0.25, 0.3) is 0 Å². The number of nitrogens with one attached hydrogen (secondary N) is 1. The lowest BCUT2D eigenvalue weighted by Crippen LogP contribution is -2.16. The Bertz CT molecular complexity index is 287. The van der Waals surface area contributed by atoms with Crippen molar-refractivity contribution in [1.82, 2.24) is 0 Å². The normalized spacial score (nSPS) is 12.5. The van der Waals surface area contributed by atoms with Gasteiger partial charge in [0.15, 0.2) is 0 Å². The van der Waals surface area contributed by atoms with Crippen LogP contribution in [0.15, 0.2) is 18.2 Å². The van der Waals surface area contributed by atoms with Crippen molar-refractivity contribution < 1.29 is 0 Å². The summed E-state index contributed by atoms with van der Waals surface area (Å²) in [5.74, 6) is 0.633. The van der Waals surface area contributed by atoms with Crippen LogP contribution in [0.5, 0.6) is 0 Å². The van der Waals surface area contributed by atoms with Crippen molar-refractivity contribution in [2.75, 3.05) is 18.4 Å². The van der Waals surface area contributed by atoms with Crippen LogP contribution < -0.4 is 11.1 Å². The molecule has 0 bridgehead atoms. The molecule has 0 aliphatic carbocycles. The Kier molecular flexibility index (Phi) is 4.63.